The minimum absolute atomic E-state index is 0.00641. The molecule has 2 atom stereocenters. The summed E-state index contributed by atoms with van der Waals surface area (Å²) < 4.78 is 5.16. The van der Waals surface area contributed by atoms with Crippen molar-refractivity contribution in [2.45, 2.75) is 12.0 Å². The molecule has 1 aliphatic rings. The van der Waals surface area contributed by atoms with Gasteiger partial charge in [-0.25, -0.2) is 0 Å². The SMILES string of the molecule is NC(=O)c1ccc(C2COCC2O)cc1. The van der Waals surface area contributed by atoms with E-state index in [4.69, 9.17) is 10.5 Å². The molecule has 1 saturated heterocycles. The molecule has 0 aliphatic carbocycles. The van der Waals surface area contributed by atoms with Crippen molar-refractivity contribution >= 4 is 5.91 Å². The van der Waals surface area contributed by atoms with Crippen LogP contribution in [0.2, 0.25) is 0 Å². The van der Waals surface area contributed by atoms with E-state index >= 15 is 0 Å². The summed E-state index contributed by atoms with van der Waals surface area (Å²) >= 11 is 0. The summed E-state index contributed by atoms with van der Waals surface area (Å²) in [5, 5.41) is 9.60. The fourth-order valence-corrected chi connectivity index (χ4v) is 1.76. The first-order valence-electron chi connectivity index (χ1n) is 4.84. The zero-order valence-electron chi connectivity index (χ0n) is 8.22. The number of ether oxygens (including phenoxy) is 1. The van der Waals surface area contributed by atoms with Crippen LogP contribution in [0.1, 0.15) is 21.8 Å². The van der Waals surface area contributed by atoms with E-state index in [9.17, 15) is 9.90 Å². The Bertz CT molecular complexity index is 361. The average Bonchev–Trinajstić information content (AvgIpc) is 2.65. The summed E-state index contributed by atoms with van der Waals surface area (Å²) in [6.07, 6.45) is -0.454. The Balaban J connectivity index is 2.19. The number of aliphatic hydroxyl groups is 1. The Labute approximate surface area is 87.7 Å². The van der Waals surface area contributed by atoms with Gasteiger partial charge in [0.15, 0.2) is 0 Å². The van der Waals surface area contributed by atoms with Gasteiger partial charge in [0.25, 0.3) is 0 Å². The van der Waals surface area contributed by atoms with Gasteiger partial charge in [0, 0.05) is 11.5 Å². The van der Waals surface area contributed by atoms with Crippen molar-refractivity contribution in [1.29, 1.82) is 0 Å². The Hall–Kier alpha value is -1.39. The molecule has 1 amide bonds. The fourth-order valence-electron chi connectivity index (χ4n) is 1.76. The van der Waals surface area contributed by atoms with E-state index in [0.29, 0.717) is 18.8 Å². The highest BCUT2D eigenvalue weighted by atomic mass is 16.5. The molecule has 0 spiro atoms. The molecular weight excluding hydrogens is 194 g/mol. The number of carbonyl (C=O) groups excluding carboxylic acids is 1. The number of amides is 1. The van der Waals surface area contributed by atoms with Crippen molar-refractivity contribution in [2.24, 2.45) is 5.73 Å². The number of rotatable bonds is 2. The van der Waals surface area contributed by atoms with Crippen LogP contribution in [0, 0.1) is 0 Å². The second-order valence-electron chi connectivity index (χ2n) is 3.70. The van der Waals surface area contributed by atoms with E-state index in [2.05, 4.69) is 0 Å². The van der Waals surface area contributed by atoms with Crippen LogP contribution in [0.15, 0.2) is 24.3 Å². The maximum absolute atomic E-state index is 10.8. The number of benzene rings is 1. The van der Waals surface area contributed by atoms with Crippen LogP contribution >= 0.6 is 0 Å². The van der Waals surface area contributed by atoms with Crippen molar-refractivity contribution in [3.05, 3.63) is 35.4 Å². The van der Waals surface area contributed by atoms with Gasteiger partial charge >= 0.3 is 0 Å². The van der Waals surface area contributed by atoms with Gasteiger partial charge < -0.3 is 15.6 Å². The van der Waals surface area contributed by atoms with Crippen LogP contribution < -0.4 is 5.73 Å². The Morgan fingerprint density at radius 3 is 2.47 bits per heavy atom. The summed E-state index contributed by atoms with van der Waals surface area (Å²) in [5.41, 5.74) is 6.59. The van der Waals surface area contributed by atoms with E-state index in [1.165, 1.54) is 0 Å². The van der Waals surface area contributed by atoms with Gasteiger partial charge in [-0.2, -0.15) is 0 Å². The second-order valence-corrected chi connectivity index (χ2v) is 3.70. The van der Waals surface area contributed by atoms with Crippen molar-refractivity contribution in [3.63, 3.8) is 0 Å². The van der Waals surface area contributed by atoms with Crippen LogP contribution in [0.4, 0.5) is 0 Å². The molecule has 4 nitrogen and oxygen atoms in total. The molecule has 15 heavy (non-hydrogen) atoms. The molecule has 0 radical (unpaired) electrons. The Kier molecular flexibility index (Phi) is 2.70. The molecule has 80 valence electrons. The average molecular weight is 207 g/mol. The molecule has 1 aromatic rings. The zero-order chi connectivity index (χ0) is 10.8. The molecule has 0 saturated carbocycles. The third-order valence-corrected chi connectivity index (χ3v) is 2.67. The van der Waals surface area contributed by atoms with Crippen LogP contribution in [0.25, 0.3) is 0 Å². The largest absolute Gasteiger partial charge is 0.390 e. The Morgan fingerprint density at radius 1 is 1.33 bits per heavy atom. The molecular formula is C11H13NO3. The van der Waals surface area contributed by atoms with Gasteiger partial charge in [0.05, 0.1) is 19.3 Å². The molecule has 2 unspecified atom stereocenters. The number of carbonyl (C=O) groups is 1. The predicted octanol–water partition coefficient (Wildman–Crippen LogP) is 0.260. The summed E-state index contributed by atoms with van der Waals surface area (Å²) in [6, 6.07) is 6.96. The van der Waals surface area contributed by atoms with Gasteiger partial charge in [-0.15, -0.1) is 0 Å². The van der Waals surface area contributed by atoms with E-state index in [0.717, 1.165) is 5.56 Å². The lowest BCUT2D eigenvalue weighted by Gasteiger charge is -2.12. The lowest BCUT2D eigenvalue weighted by Crippen LogP contribution is -2.16. The number of hydrogen-bond acceptors (Lipinski definition) is 3. The molecule has 2 rings (SSSR count). The fraction of sp³-hybridized carbons (Fsp3) is 0.364. The highest BCUT2D eigenvalue weighted by Crippen LogP contribution is 2.25. The summed E-state index contributed by atoms with van der Waals surface area (Å²) in [6.45, 7) is 0.902. The number of aliphatic hydroxyl groups excluding tert-OH is 1. The highest BCUT2D eigenvalue weighted by molar-refractivity contribution is 5.92. The van der Waals surface area contributed by atoms with Crippen molar-refractivity contribution in [1.82, 2.24) is 0 Å². The first-order chi connectivity index (χ1) is 7.18. The third-order valence-electron chi connectivity index (χ3n) is 2.67. The normalized spacial score (nSPS) is 25.4. The minimum atomic E-state index is -0.454. The van der Waals surface area contributed by atoms with Crippen molar-refractivity contribution in [3.8, 4) is 0 Å². The first-order valence-corrected chi connectivity index (χ1v) is 4.84. The van der Waals surface area contributed by atoms with Crippen molar-refractivity contribution < 1.29 is 14.6 Å². The number of primary amides is 1. The second kappa shape index (κ2) is 4.00. The number of hydrogen-bond donors (Lipinski definition) is 2. The lowest BCUT2D eigenvalue weighted by molar-refractivity contribution is 0.100. The van der Waals surface area contributed by atoms with Gasteiger partial charge in [0.1, 0.15) is 0 Å². The maximum atomic E-state index is 10.8. The topological polar surface area (TPSA) is 72.6 Å². The van der Waals surface area contributed by atoms with Crippen LogP contribution in [-0.2, 0) is 4.74 Å². The quantitative estimate of drug-likeness (QED) is 0.730. The van der Waals surface area contributed by atoms with Gasteiger partial charge in [0.2, 0.25) is 5.91 Å². The maximum Gasteiger partial charge on any atom is 0.248 e. The predicted molar refractivity (Wildman–Crippen MR) is 54.5 cm³/mol. The molecule has 1 aliphatic heterocycles. The zero-order valence-corrected chi connectivity index (χ0v) is 8.22. The molecule has 1 aromatic carbocycles. The molecule has 3 N–H and O–H groups in total. The smallest absolute Gasteiger partial charge is 0.248 e. The monoisotopic (exact) mass is 207 g/mol. The van der Waals surface area contributed by atoms with E-state index in [1.807, 2.05) is 12.1 Å². The van der Waals surface area contributed by atoms with E-state index < -0.39 is 12.0 Å². The van der Waals surface area contributed by atoms with Gasteiger partial charge in [-0.1, -0.05) is 12.1 Å². The first kappa shape index (κ1) is 10.1. The van der Waals surface area contributed by atoms with Gasteiger partial charge in [-0.05, 0) is 17.7 Å². The summed E-state index contributed by atoms with van der Waals surface area (Å²) in [4.78, 5) is 10.8. The lowest BCUT2D eigenvalue weighted by atomic mass is 9.95. The molecule has 4 heteroatoms. The molecule has 1 fully saturated rings. The van der Waals surface area contributed by atoms with Crippen LogP contribution in [-0.4, -0.2) is 30.3 Å². The van der Waals surface area contributed by atoms with Crippen LogP contribution in [0.3, 0.4) is 0 Å². The standard InChI is InChI=1S/C11H13NO3/c12-11(14)8-3-1-7(2-4-8)9-5-15-6-10(9)13/h1-4,9-10,13H,5-6H2,(H2,12,14). The van der Waals surface area contributed by atoms with E-state index in [-0.39, 0.29) is 5.92 Å². The number of nitrogens with two attached hydrogens (primary N) is 1. The third kappa shape index (κ3) is 2.00. The molecule has 0 bridgehead atoms. The van der Waals surface area contributed by atoms with Gasteiger partial charge in [-0.3, -0.25) is 4.79 Å². The summed E-state index contributed by atoms with van der Waals surface area (Å²) in [7, 11) is 0. The Morgan fingerprint density at radius 2 is 2.00 bits per heavy atom. The van der Waals surface area contributed by atoms with Crippen molar-refractivity contribution in [2.75, 3.05) is 13.2 Å². The van der Waals surface area contributed by atoms with E-state index in [1.54, 1.807) is 12.1 Å². The highest BCUT2D eigenvalue weighted by Gasteiger charge is 2.27. The summed E-state index contributed by atoms with van der Waals surface area (Å²) in [5.74, 6) is -0.434. The molecule has 1 heterocycles. The van der Waals surface area contributed by atoms with Crippen LogP contribution in [0.5, 0.6) is 0 Å². The molecule has 0 aromatic heterocycles. The minimum Gasteiger partial charge on any atom is -0.390 e.